The van der Waals surface area contributed by atoms with Crippen molar-refractivity contribution in [3.8, 4) is 22.0 Å². The van der Waals surface area contributed by atoms with E-state index in [0.29, 0.717) is 12.5 Å². The Morgan fingerprint density at radius 2 is 2.14 bits per heavy atom. The summed E-state index contributed by atoms with van der Waals surface area (Å²) < 4.78 is 8.42. The van der Waals surface area contributed by atoms with E-state index >= 15 is 0 Å². The average Bonchev–Trinajstić information content (AvgIpc) is 3.41. The van der Waals surface area contributed by atoms with E-state index in [-0.39, 0.29) is 0 Å². The zero-order valence-corrected chi connectivity index (χ0v) is 19.2. The van der Waals surface area contributed by atoms with Gasteiger partial charge in [0.1, 0.15) is 21.4 Å². The summed E-state index contributed by atoms with van der Waals surface area (Å²) >= 11 is 4.93. The summed E-state index contributed by atoms with van der Waals surface area (Å²) in [6, 6.07) is 2.09. The van der Waals surface area contributed by atoms with Gasteiger partial charge < -0.3 is 15.0 Å². The van der Waals surface area contributed by atoms with Gasteiger partial charge in [-0.25, -0.2) is 15.0 Å². The fourth-order valence-electron chi connectivity index (χ4n) is 3.30. The van der Waals surface area contributed by atoms with Gasteiger partial charge in [0.05, 0.1) is 28.4 Å². The molecule has 4 heterocycles. The Hall–Kier alpha value is -1.94. The smallest absolute Gasteiger partial charge is 0.141 e. The van der Waals surface area contributed by atoms with Crippen molar-refractivity contribution in [3.63, 3.8) is 0 Å². The van der Waals surface area contributed by atoms with Gasteiger partial charge in [0.15, 0.2) is 0 Å². The summed E-state index contributed by atoms with van der Waals surface area (Å²) in [6.45, 7) is 4.99. The Morgan fingerprint density at radius 3 is 2.79 bits per heavy atom. The quantitative estimate of drug-likeness (QED) is 0.309. The molecule has 4 aromatic rings. The van der Waals surface area contributed by atoms with Crippen molar-refractivity contribution >= 4 is 50.3 Å². The second kappa shape index (κ2) is 8.43. The lowest BCUT2D eigenvalue weighted by Gasteiger charge is -2.11. The predicted molar refractivity (Wildman–Crippen MR) is 124 cm³/mol. The van der Waals surface area contributed by atoms with Crippen LogP contribution in [0.25, 0.3) is 32.2 Å². The maximum Gasteiger partial charge on any atom is 0.141 e. The number of ether oxygens (including phenoxy) is 1. The van der Waals surface area contributed by atoms with Crippen molar-refractivity contribution in [1.82, 2.24) is 19.5 Å². The molecular weight excluding hydrogens is 422 g/mol. The maximum absolute atomic E-state index is 6.61. The third-order valence-corrected chi connectivity index (χ3v) is 7.80. The Kier molecular flexibility index (Phi) is 5.91. The van der Waals surface area contributed by atoms with Crippen molar-refractivity contribution in [1.29, 1.82) is 0 Å². The molecule has 2 N–H and O–H groups in total. The normalized spacial score (nSPS) is 11.8. The van der Waals surface area contributed by atoms with Crippen LogP contribution in [0.5, 0.6) is 0 Å². The third kappa shape index (κ3) is 3.79. The molecule has 0 saturated heterocycles. The lowest BCUT2D eigenvalue weighted by atomic mass is 10.1. The molecule has 0 saturated carbocycles. The van der Waals surface area contributed by atoms with E-state index < -0.39 is 0 Å². The molecule has 6 nitrogen and oxygen atoms in total. The molecule has 0 bridgehead atoms. The fourth-order valence-corrected chi connectivity index (χ4v) is 6.16. The second-order valence-electron chi connectivity index (χ2n) is 6.93. The molecule has 152 valence electrons. The number of hydrogen-bond acceptors (Lipinski definition) is 8. The van der Waals surface area contributed by atoms with Gasteiger partial charge in [0.2, 0.25) is 0 Å². The summed E-state index contributed by atoms with van der Waals surface area (Å²) in [6.07, 6.45) is 3.74. The van der Waals surface area contributed by atoms with Gasteiger partial charge in [-0.2, -0.15) is 0 Å². The van der Waals surface area contributed by atoms with Gasteiger partial charge in [-0.1, -0.05) is 13.8 Å². The van der Waals surface area contributed by atoms with Crippen LogP contribution in [0.15, 0.2) is 28.0 Å². The molecule has 4 rings (SSSR count). The number of thiophene rings is 1. The zero-order chi connectivity index (χ0) is 20.5. The number of thioether (sulfide) groups is 1. The monoisotopic (exact) mass is 445 g/mol. The van der Waals surface area contributed by atoms with Crippen molar-refractivity contribution in [2.24, 2.45) is 7.05 Å². The van der Waals surface area contributed by atoms with E-state index in [9.17, 15) is 0 Å². The Morgan fingerprint density at radius 1 is 1.31 bits per heavy atom. The van der Waals surface area contributed by atoms with Gasteiger partial charge in [-0.05, 0) is 6.07 Å². The van der Waals surface area contributed by atoms with E-state index in [1.165, 1.54) is 0 Å². The molecule has 0 aromatic carbocycles. The average molecular weight is 446 g/mol. The van der Waals surface area contributed by atoms with Crippen LogP contribution in [-0.4, -0.2) is 39.0 Å². The number of hydrogen-bond donors (Lipinski definition) is 1. The van der Waals surface area contributed by atoms with Crippen LogP contribution in [0, 0.1) is 0 Å². The molecule has 9 heteroatoms. The number of anilines is 1. The van der Waals surface area contributed by atoms with Crippen molar-refractivity contribution in [2.45, 2.75) is 24.0 Å². The summed E-state index contributed by atoms with van der Waals surface area (Å²) in [5, 5.41) is 3.87. The number of aromatic nitrogens is 4. The highest BCUT2D eigenvalue weighted by molar-refractivity contribution is 8.01. The summed E-state index contributed by atoms with van der Waals surface area (Å²) in [7, 11) is 3.77. The third-order valence-electron chi connectivity index (χ3n) is 4.65. The minimum atomic E-state index is 0.337. The molecule has 29 heavy (non-hydrogen) atoms. The number of thiazole rings is 1. The van der Waals surface area contributed by atoms with Crippen LogP contribution in [0.1, 0.15) is 25.6 Å². The minimum Gasteiger partial charge on any atom is -0.397 e. The number of nitrogens with zero attached hydrogens (tertiary/aromatic N) is 4. The predicted octanol–water partition coefficient (Wildman–Crippen LogP) is 5.26. The topological polar surface area (TPSA) is 78.9 Å². The number of pyridine rings is 1. The highest BCUT2D eigenvalue weighted by atomic mass is 32.2. The van der Waals surface area contributed by atoms with E-state index in [2.05, 4.69) is 41.5 Å². The Labute approximate surface area is 182 Å². The van der Waals surface area contributed by atoms with Crippen molar-refractivity contribution in [3.05, 3.63) is 29.7 Å². The molecule has 0 amide bonds. The number of nitrogen functional groups attached to an aromatic ring is 1. The Balaban J connectivity index is 1.93. The molecule has 0 aliphatic heterocycles. The van der Waals surface area contributed by atoms with Crippen LogP contribution in [0.2, 0.25) is 0 Å². The van der Waals surface area contributed by atoms with Crippen molar-refractivity contribution < 1.29 is 4.74 Å². The van der Waals surface area contributed by atoms with Gasteiger partial charge in [-0.15, -0.1) is 34.4 Å². The first-order chi connectivity index (χ1) is 14.0. The lowest BCUT2D eigenvalue weighted by Crippen LogP contribution is -2.02. The van der Waals surface area contributed by atoms with Crippen molar-refractivity contribution in [2.75, 3.05) is 25.2 Å². The van der Waals surface area contributed by atoms with E-state index in [4.69, 9.17) is 15.5 Å². The number of methoxy groups -OCH3 is 1. The first-order valence-corrected chi connectivity index (χ1v) is 12.0. The summed E-state index contributed by atoms with van der Waals surface area (Å²) in [5.74, 6) is 2.24. The number of imidazole rings is 1. The molecule has 0 aliphatic rings. The number of nitrogens with two attached hydrogens (primary N) is 1. The summed E-state index contributed by atoms with van der Waals surface area (Å²) in [5.41, 5.74) is 10.3. The first-order valence-electron chi connectivity index (χ1n) is 9.27. The molecule has 0 fully saturated rings. The van der Waals surface area contributed by atoms with Gasteiger partial charge in [0, 0.05) is 48.4 Å². The second-order valence-corrected chi connectivity index (χ2v) is 10.2. The van der Waals surface area contributed by atoms with Gasteiger partial charge in [-0.3, -0.25) is 0 Å². The molecule has 4 aromatic heterocycles. The standard InChI is InChI=1S/C20H23N5OS3/c1-11(2)17-23-10-14(25(17)3)12-9-13(18-22-5-7-27-18)24-19-15(12)16(21)20(29-19)28-8-6-26-4/h5,7,9-11H,6,8,21H2,1-4H3. The first kappa shape index (κ1) is 20.3. The highest BCUT2D eigenvalue weighted by Gasteiger charge is 2.21. The van der Waals surface area contributed by atoms with Gasteiger partial charge >= 0.3 is 0 Å². The van der Waals surface area contributed by atoms with E-state index in [0.717, 1.165) is 53.6 Å². The van der Waals surface area contributed by atoms with E-state index in [1.807, 2.05) is 11.6 Å². The lowest BCUT2D eigenvalue weighted by molar-refractivity contribution is 0.218. The molecule has 0 spiro atoms. The molecule has 0 aliphatic carbocycles. The van der Waals surface area contributed by atoms with Crippen LogP contribution in [0.3, 0.4) is 0 Å². The van der Waals surface area contributed by atoms with Crippen LogP contribution < -0.4 is 5.73 Å². The number of rotatable bonds is 7. The van der Waals surface area contributed by atoms with Crippen LogP contribution in [0.4, 0.5) is 5.69 Å². The summed E-state index contributed by atoms with van der Waals surface area (Å²) in [4.78, 5) is 14.9. The number of fused-ring (bicyclic) bond motifs is 1. The van der Waals surface area contributed by atoms with Crippen LogP contribution >= 0.6 is 34.4 Å². The zero-order valence-electron chi connectivity index (χ0n) is 16.8. The van der Waals surface area contributed by atoms with Crippen LogP contribution in [-0.2, 0) is 11.8 Å². The largest absolute Gasteiger partial charge is 0.397 e. The Bertz CT molecular complexity index is 1130. The fraction of sp³-hybridized carbons (Fsp3) is 0.350. The van der Waals surface area contributed by atoms with E-state index in [1.54, 1.807) is 47.7 Å². The SMILES string of the molecule is COCCSc1sc2nc(-c3nccs3)cc(-c3cnc(C(C)C)n3C)c2c1N. The minimum absolute atomic E-state index is 0.337. The highest BCUT2D eigenvalue weighted by Crippen LogP contribution is 2.45. The molecule has 0 unspecified atom stereocenters. The molecule has 0 atom stereocenters. The molecular formula is C20H23N5OS3. The maximum atomic E-state index is 6.61. The van der Waals surface area contributed by atoms with Gasteiger partial charge in [0.25, 0.3) is 0 Å². The molecule has 0 radical (unpaired) electrons.